The predicted octanol–water partition coefficient (Wildman–Crippen LogP) is 2.76. The van der Waals surface area contributed by atoms with Gasteiger partial charge in [-0.15, -0.1) is 0 Å². The first-order chi connectivity index (χ1) is 8.06. The monoisotopic (exact) mass is 238 g/mol. The van der Waals surface area contributed by atoms with E-state index in [1.165, 1.54) is 6.07 Å². The molecule has 0 bridgehead atoms. The van der Waals surface area contributed by atoms with Gasteiger partial charge < -0.3 is 14.3 Å². The number of phenolic OH excluding ortho intramolecular Hbond substituents is 1. The van der Waals surface area contributed by atoms with Crippen molar-refractivity contribution in [2.45, 2.75) is 13.8 Å². The molecule has 0 amide bonds. The first-order valence-corrected chi connectivity index (χ1v) is 5.14. The summed E-state index contributed by atoms with van der Waals surface area (Å²) in [5, 5.41) is 9.82. The van der Waals surface area contributed by atoms with Crippen LogP contribution in [-0.4, -0.2) is 17.7 Å². The van der Waals surface area contributed by atoms with E-state index in [0.29, 0.717) is 5.56 Å². The first kappa shape index (κ1) is 11.4. The SMILES string of the molecule is CCOC(=O)c1oc2c(F)ccc(O)c2c1C. The Kier molecular flexibility index (Phi) is 2.75. The van der Waals surface area contributed by atoms with Crippen LogP contribution in [-0.2, 0) is 4.74 Å². The van der Waals surface area contributed by atoms with Gasteiger partial charge in [0.2, 0.25) is 5.76 Å². The van der Waals surface area contributed by atoms with Crippen LogP contribution in [0, 0.1) is 12.7 Å². The van der Waals surface area contributed by atoms with Crippen LogP contribution in [0.3, 0.4) is 0 Å². The van der Waals surface area contributed by atoms with Crippen LogP contribution in [0.4, 0.5) is 4.39 Å². The Balaban J connectivity index is 2.68. The largest absolute Gasteiger partial charge is 0.507 e. The van der Waals surface area contributed by atoms with E-state index >= 15 is 0 Å². The van der Waals surface area contributed by atoms with Gasteiger partial charge in [-0.05, 0) is 26.0 Å². The van der Waals surface area contributed by atoms with Crippen LogP contribution >= 0.6 is 0 Å². The molecule has 90 valence electrons. The molecule has 0 atom stereocenters. The first-order valence-electron chi connectivity index (χ1n) is 5.14. The molecule has 2 rings (SSSR count). The molecule has 5 heteroatoms. The van der Waals surface area contributed by atoms with Crippen molar-refractivity contribution in [2.24, 2.45) is 0 Å². The molecule has 0 spiro atoms. The lowest BCUT2D eigenvalue weighted by atomic mass is 10.1. The summed E-state index contributed by atoms with van der Waals surface area (Å²) < 4.78 is 23.3. The van der Waals surface area contributed by atoms with E-state index in [1.807, 2.05) is 0 Å². The van der Waals surface area contributed by atoms with Gasteiger partial charge in [-0.1, -0.05) is 0 Å². The summed E-state index contributed by atoms with van der Waals surface area (Å²) in [6.07, 6.45) is 0. The Labute approximate surface area is 96.6 Å². The third-order valence-electron chi connectivity index (χ3n) is 2.47. The third-order valence-corrected chi connectivity index (χ3v) is 2.47. The summed E-state index contributed by atoms with van der Waals surface area (Å²) in [6, 6.07) is 2.30. The van der Waals surface area contributed by atoms with Crippen molar-refractivity contribution in [3.8, 4) is 5.75 Å². The Bertz CT molecular complexity index is 586. The maximum atomic E-state index is 13.5. The number of hydrogen-bond donors (Lipinski definition) is 1. The molecular formula is C12H11FO4. The van der Waals surface area contributed by atoms with Gasteiger partial charge in [0.25, 0.3) is 0 Å². The van der Waals surface area contributed by atoms with Gasteiger partial charge in [0, 0.05) is 5.56 Å². The summed E-state index contributed by atoms with van der Waals surface area (Å²) in [6.45, 7) is 3.43. The van der Waals surface area contributed by atoms with E-state index in [-0.39, 0.29) is 29.1 Å². The molecule has 0 radical (unpaired) electrons. The fourth-order valence-corrected chi connectivity index (χ4v) is 1.69. The second-order valence-electron chi connectivity index (χ2n) is 3.55. The minimum absolute atomic E-state index is 0.0812. The molecule has 0 aliphatic carbocycles. The molecule has 1 N–H and O–H groups in total. The molecule has 4 nitrogen and oxygen atoms in total. The number of rotatable bonds is 2. The highest BCUT2D eigenvalue weighted by atomic mass is 19.1. The molecule has 1 aromatic heterocycles. The normalized spacial score (nSPS) is 10.8. The molecule has 0 saturated carbocycles. The summed E-state index contributed by atoms with van der Waals surface area (Å²) >= 11 is 0. The van der Waals surface area contributed by atoms with Crippen molar-refractivity contribution in [1.82, 2.24) is 0 Å². The zero-order chi connectivity index (χ0) is 12.6. The zero-order valence-electron chi connectivity index (χ0n) is 9.41. The summed E-state index contributed by atoms with van der Waals surface area (Å²) in [4.78, 5) is 11.5. The lowest BCUT2D eigenvalue weighted by Crippen LogP contribution is -2.04. The van der Waals surface area contributed by atoms with Crippen molar-refractivity contribution in [3.63, 3.8) is 0 Å². The minimum atomic E-state index is -0.667. The maximum absolute atomic E-state index is 13.5. The number of esters is 1. The number of carbonyl (C=O) groups is 1. The number of carbonyl (C=O) groups excluding carboxylic acids is 1. The quantitative estimate of drug-likeness (QED) is 0.817. The average molecular weight is 238 g/mol. The highest BCUT2D eigenvalue weighted by molar-refractivity contribution is 5.98. The van der Waals surface area contributed by atoms with E-state index in [0.717, 1.165) is 6.07 Å². The molecule has 2 aromatic rings. The molecule has 0 aliphatic rings. The van der Waals surface area contributed by atoms with E-state index in [2.05, 4.69) is 0 Å². The van der Waals surface area contributed by atoms with Gasteiger partial charge in [0.15, 0.2) is 11.4 Å². The molecule has 17 heavy (non-hydrogen) atoms. The number of aromatic hydroxyl groups is 1. The fourth-order valence-electron chi connectivity index (χ4n) is 1.69. The summed E-state index contributed by atoms with van der Waals surface area (Å²) in [5.41, 5.74) is 0.237. The number of phenols is 1. The standard InChI is InChI=1S/C12H11FO4/c1-3-16-12(15)10-6(2)9-8(14)5-4-7(13)11(9)17-10/h4-5,14H,3H2,1-2H3. The lowest BCUT2D eigenvalue weighted by Gasteiger charge is -1.98. The van der Waals surface area contributed by atoms with Gasteiger partial charge in [0.1, 0.15) is 5.75 Å². The minimum Gasteiger partial charge on any atom is -0.507 e. The number of aryl methyl sites for hydroxylation is 1. The predicted molar refractivity (Wildman–Crippen MR) is 58.5 cm³/mol. The molecule has 1 heterocycles. The van der Waals surface area contributed by atoms with Gasteiger partial charge in [-0.3, -0.25) is 0 Å². The molecule has 0 aliphatic heterocycles. The van der Waals surface area contributed by atoms with Crippen molar-refractivity contribution >= 4 is 16.9 Å². The van der Waals surface area contributed by atoms with Crippen molar-refractivity contribution < 1.29 is 23.4 Å². The molecule has 0 unspecified atom stereocenters. The van der Waals surface area contributed by atoms with Crippen molar-refractivity contribution in [2.75, 3.05) is 6.61 Å². The van der Waals surface area contributed by atoms with E-state index in [9.17, 15) is 14.3 Å². The van der Waals surface area contributed by atoms with Crippen molar-refractivity contribution in [1.29, 1.82) is 0 Å². The highest BCUT2D eigenvalue weighted by Crippen LogP contribution is 2.34. The summed E-state index contributed by atoms with van der Waals surface area (Å²) in [7, 11) is 0. The van der Waals surface area contributed by atoms with Crippen LogP contribution in [0.25, 0.3) is 11.0 Å². The lowest BCUT2D eigenvalue weighted by molar-refractivity contribution is 0.0491. The van der Waals surface area contributed by atoms with Gasteiger partial charge in [-0.2, -0.15) is 0 Å². The third kappa shape index (κ3) is 1.73. The second kappa shape index (κ2) is 4.08. The Hall–Kier alpha value is -2.04. The van der Waals surface area contributed by atoms with E-state index in [1.54, 1.807) is 13.8 Å². The van der Waals surface area contributed by atoms with Gasteiger partial charge in [0.05, 0.1) is 12.0 Å². The molecule has 1 aromatic carbocycles. The van der Waals surface area contributed by atoms with Crippen LogP contribution in [0.1, 0.15) is 23.0 Å². The average Bonchev–Trinajstić information content (AvgIpc) is 2.63. The van der Waals surface area contributed by atoms with Crippen LogP contribution in [0.2, 0.25) is 0 Å². The van der Waals surface area contributed by atoms with E-state index < -0.39 is 11.8 Å². The number of fused-ring (bicyclic) bond motifs is 1. The number of ether oxygens (including phenoxy) is 1. The smallest absolute Gasteiger partial charge is 0.374 e. The molecule has 0 saturated heterocycles. The number of furan rings is 1. The number of hydrogen-bond acceptors (Lipinski definition) is 4. The van der Waals surface area contributed by atoms with Crippen LogP contribution < -0.4 is 0 Å². The number of halogens is 1. The summed E-state index contributed by atoms with van der Waals surface area (Å²) in [5.74, 6) is -1.50. The second-order valence-corrected chi connectivity index (χ2v) is 3.55. The van der Waals surface area contributed by atoms with Gasteiger partial charge in [-0.25, -0.2) is 9.18 Å². The van der Waals surface area contributed by atoms with Gasteiger partial charge >= 0.3 is 5.97 Å². The van der Waals surface area contributed by atoms with E-state index in [4.69, 9.17) is 9.15 Å². The zero-order valence-corrected chi connectivity index (χ0v) is 9.41. The maximum Gasteiger partial charge on any atom is 0.374 e. The topological polar surface area (TPSA) is 59.7 Å². The Morgan fingerprint density at radius 2 is 2.24 bits per heavy atom. The Morgan fingerprint density at radius 3 is 2.82 bits per heavy atom. The van der Waals surface area contributed by atoms with Crippen LogP contribution in [0.5, 0.6) is 5.75 Å². The fraction of sp³-hybridized carbons (Fsp3) is 0.250. The highest BCUT2D eigenvalue weighted by Gasteiger charge is 2.22. The van der Waals surface area contributed by atoms with Crippen LogP contribution in [0.15, 0.2) is 16.5 Å². The van der Waals surface area contributed by atoms with Crippen molar-refractivity contribution in [3.05, 3.63) is 29.3 Å². The Morgan fingerprint density at radius 1 is 1.53 bits per heavy atom. The molecule has 0 fully saturated rings. The molecular weight excluding hydrogens is 227 g/mol. The number of benzene rings is 1.